The van der Waals surface area contributed by atoms with E-state index in [1.54, 1.807) is 19.2 Å². The third kappa shape index (κ3) is 6.04. The Bertz CT molecular complexity index is 505. The van der Waals surface area contributed by atoms with Gasteiger partial charge in [-0.25, -0.2) is 9.59 Å². The highest BCUT2D eigenvalue weighted by Crippen LogP contribution is 2.12. The highest BCUT2D eigenvalue weighted by molar-refractivity contribution is 6.30. The number of aliphatic carboxylic acids is 1. The quantitative estimate of drug-likeness (QED) is 0.848. The minimum absolute atomic E-state index is 0.185. The molecule has 5 nitrogen and oxygen atoms in total. The van der Waals surface area contributed by atoms with E-state index in [0.717, 1.165) is 5.56 Å². The Morgan fingerprint density at radius 1 is 1.38 bits per heavy atom. The minimum Gasteiger partial charge on any atom is -0.480 e. The van der Waals surface area contributed by atoms with Crippen LogP contribution in [0.4, 0.5) is 4.79 Å². The summed E-state index contributed by atoms with van der Waals surface area (Å²) in [4.78, 5) is 24.6. The number of nitrogens with zero attached hydrogens (tertiary/aromatic N) is 1. The molecule has 116 valence electrons. The molecular formula is C15H21ClN2O3. The zero-order chi connectivity index (χ0) is 16.0. The number of carbonyl (C=O) groups excluding carboxylic acids is 1. The summed E-state index contributed by atoms with van der Waals surface area (Å²) in [6.07, 6.45) is 0.395. The van der Waals surface area contributed by atoms with Crippen LogP contribution >= 0.6 is 11.6 Å². The van der Waals surface area contributed by atoms with Crippen LogP contribution in [0.25, 0.3) is 0 Å². The average Bonchev–Trinajstić information content (AvgIpc) is 2.37. The fourth-order valence-corrected chi connectivity index (χ4v) is 2.15. The van der Waals surface area contributed by atoms with Gasteiger partial charge in [0.2, 0.25) is 0 Å². The Labute approximate surface area is 129 Å². The van der Waals surface area contributed by atoms with E-state index in [4.69, 9.17) is 16.7 Å². The molecule has 0 unspecified atom stereocenters. The number of urea groups is 1. The number of benzene rings is 1. The van der Waals surface area contributed by atoms with Crippen LogP contribution in [-0.4, -0.2) is 35.1 Å². The van der Waals surface area contributed by atoms with Crippen molar-refractivity contribution in [2.24, 2.45) is 5.92 Å². The van der Waals surface area contributed by atoms with Crippen molar-refractivity contribution in [3.8, 4) is 0 Å². The van der Waals surface area contributed by atoms with Crippen LogP contribution < -0.4 is 5.32 Å². The maximum atomic E-state index is 12.0. The van der Waals surface area contributed by atoms with Crippen LogP contribution in [0.2, 0.25) is 5.02 Å². The first-order valence-corrected chi connectivity index (χ1v) is 7.16. The zero-order valence-corrected chi connectivity index (χ0v) is 13.2. The van der Waals surface area contributed by atoms with E-state index < -0.39 is 18.0 Å². The average molecular weight is 313 g/mol. The number of hydrogen-bond acceptors (Lipinski definition) is 2. The lowest BCUT2D eigenvalue weighted by Crippen LogP contribution is -2.46. The number of carbonyl (C=O) groups is 2. The van der Waals surface area contributed by atoms with E-state index in [-0.39, 0.29) is 5.92 Å². The van der Waals surface area contributed by atoms with Crippen molar-refractivity contribution < 1.29 is 14.7 Å². The maximum absolute atomic E-state index is 12.0. The first-order chi connectivity index (χ1) is 9.79. The van der Waals surface area contributed by atoms with Gasteiger partial charge in [-0.05, 0) is 30.0 Å². The number of nitrogens with one attached hydrogen (secondary N) is 1. The third-order valence-electron chi connectivity index (χ3n) is 2.96. The number of carboxylic acid groups (broad SMARTS) is 1. The smallest absolute Gasteiger partial charge is 0.326 e. The van der Waals surface area contributed by atoms with Crippen LogP contribution in [0.5, 0.6) is 0 Å². The van der Waals surface area contributed by atoms with Crippen LogP contribution in [-0.2, 0) is 11.3 Å². The van der Waals surface area contributed by atoms with E-state index in [2.05, 4.69) is 5.32 Å². The van der Waals surface area contributed by atoms with Gasteiger partial charge in [-0.15, -0.1) is 0 Å². The van der Waals surface area contributed by atoms with Gasteiger partial charge in [0.05, 0.1) is 0 Å². The summed E-state index contributed by atoms with van der Waals surface area (Å²) in [6.45, 7) is 4.19. The summed E-state index contributed by atoms with van der Waals surface area (Å²) in [5, 5.41) is 12.3. The molecule has 1 aromatic rings. The van der Waals surface area contributed by atoms with Crippen LogP contribution in [0.3, 0.4) is 0 Å². The zero-order valence-electron chi connectivity index (χ0n) is 12.5. The van der Waals surface area contributed by atoms with Gasteiger partial charge < -0.3 is 15.3 Å². The maximum Gasteiger partial charge on any atom is 0.326 e. The Balaban J connectivity index is 2.62. The normalized spacial score (nSPS) is 12.0. The first-order valence-electron chi connectivity index (χ1n) is 6.78. The molecule has 6 heteroatoms. The fraction of sp³-hybridized carbons (Fsp3) is 0.467. The van der Waals surface area contributed by atoms with E-state index in [9.17, 15) is 9.59 Å². The number of rotatable bonds is 6. The van der Waals surface area contributed by atoms with E-state index >= 15 is 0 Å². The van der Waals surface area contributed by atoms with Crippen molar-refractivity contribution in [2.45, 2.75) is 32.9 Å². The summed E-state index contributed by atoms with van der Waals surface area (Å²) in [7, 11) is 1.62. The van der Waals surface area contributed by atoms with Gasteiger partial charge in [-0.3, -0.25) is 0 Å². The van der Waals surface area contributed by atoms with Gasteiger partial charge in [0.25, 0.3) is 0 Å². The van der Waals surface area contributed by atoms with Gasteiger partial charge in [0.15, 0.2) is 0 Å². The molecule has 0 aliphatic rings. The molecule has 0 radical (unpaired) electrons. The molecule has 2 amide bonds. The Morgan fingerprint density at radius 3 is 2.57 bits per heavy atom. The van der Waals surface area contributed by atoms with Crippen LogP contribution in [0, 0.1) is 5.92 Å². The predicted octanol–water partition coefficient (Wildman–Crippen LogP) is 2.98. The Hall–Kier alpha value is -1.75. The molecule has 1 atom stereocenters. The molecule has 0 saturated carbocycles. The SMILES string of the molecule is CC(C)C[C@@H](NC(=O)N(C)Cc1cccc(Cl)c1)C(=O)O. The van der Waals surface area contributed by atoms with Gasteiger partial charge in [0.1, 0.15) is 6.04 Å². The number of hydrogen-bond donors (Lipinski definition) is 2. The van der Waals surface area contributed by atoms with Crippen LogP contribution in [0.1, 0.15) is 25.8 Å². The van der Waals surface area contributed by atoms with E-state index in [0.29, 0.717) is 18.0 Å². The fourth-order valence-electron chi connectivity index (χ4n) is 1.93. The van der Waals surface area contributed by atoms with Gasteiger partial charge in [-0.1, -0.05) is 37.6 Å². The molecule has 1 rings (SSSR count). The molecule has 0 spiro atoms. The van der Waals surface area contributed by atoms with Crippen molar-refractivity contribution in [1.82, 2.24) is 10.2 Å². The largest absolute Gasteiger partial charge is 0.480 e. The first kappa shape index (κ1) is 17.3. The third-order valence-corrected chi connectivity index (χ3v) is 3.19. The summed E-state index contributed by atoms with van der Waals surface area (Å²) >= 11 is 5.89. The molecule has 21 heavy (non-hydrogen) atoms. The molecular weight excluding hydrogens is 292 g/mol. The van der Waals surface area contributed by atoms with Crippen molar-refractivity contribution in [2.75, 3.05) is 7.05 Å². The van der Waals surface area contributed by atoms with Crippen LogP contribution in [0.15, 0.2) is 24.3 Å². The van der Waals surface area contributed by atoms with Gasteiger partial charge in [0, 0.05) is 18.6 Å². The summed E-state index contributed by atoms with van der Waals surface area (Å²) < 4.78 is 0. The number of amides is 2. The molecule has 2 N–H and O–H groups in total. The van der Waals surface area contributed by atoms with Crippen molar-refractivity contribution in [3.05, 3.63) is 34.9 Å². The lowest BCUT2D eigenvalue weighted by molar-refractivity contribution is -0.139. The lowest BCUT2D eigenvalue weighted by Gasteiger charge is -2.22. The molecule has 1 aromatic carbocycles. The molecule has 0 saturated heterocycles. The van der Waals surface area contributed by atoms with E-state index in [1.807, 2.05) is 26.0 Å². The second kappa shape index (κ2) is 7.88. The monoisotopic (exact) mass is 312 g/mol. The van der Waals surface area contributed by atoms with E-state index in [1.165, 1.54) is 4.90 Å². The molecule has 0 heterocycles. The highest BCUT2D eigenvalue weighted by Gasteiger charge is 2.22. The minimum atomic E-state index is -1.02. The second-order valence-electron chi connectivity index (χ2n) is 5.46. The topological polar surface area (TPSA) is 69.6 Å². The molecule has 0 aromatic heterocycles. The molecule has 0 bridgehead atoms. The second-order valence-corrected chi connectivity index (χ2v) is 5.89. The van der Waals surface area contributed by atoms with Crippen molar-refractivity contribution >= 4 is 23.6 Å². The lowest BCUT2D eigenvalue weighted by atomic mass is 10.0. The molecule has 0 aliphatic carbocycles. The summed E-state index contributed by atoms with van der Waals surface area (Å²) in [6, 6.07) is 5.91. The predicted molar refractivity (Wildman–Crippen MR) is 82.3 cm³/mol. The summed E-state index contributed by atoms with van der Waals surface area (Å²) in [5.74, 6) is -0.835. The molecule has 0 fully saturated rings. The number of carboxylic acids is 1. The Morgan fingerprint density at radius 2 is 2.05 bits per heavy atom. The Kier molecular flexibility index (Phi) is 6.49. The summed E-state index contributed by atoms with van der Waals surface area (Å²) in [5.41, 5.74) is 0.885. The standard InChI is InChI=1S/C15H21ClN2O3/c1-10(2)7-13(14(19)20)17-15(21)18(3)9-11-5-4-6-12(16)8-11/h4-6,8,10,13H,7,9H2,1-3H3,(H,17,21)(H,19,20)/t13-/m1/s1. The number of halogens is 1. The molecule has 0 aliphatic heterocycles. The van der Waals surface area contributed by atoms with Gasteiger partial charge >= 0.3 is 12.0 Å². The van der Waals surface area contributed by atoms with Crippen molar-refractivity contribution in [3.63, 3.8) is 0 Å². The van der Waals surface area contributed by atoms with Crippen molar-refractivity contribution in [1.29, 1.82) is 0 Å². The highest BCUT2D eigenvalue weighted by atomic mass is 35.5. The van der Waals surface area contributed by atoms with Gasteiger partial charge in [-0.2, -0.15) is 0 Å².